The van der Waals surface area contributed by atoms with E-state index in [4.69, 9.17) is 11.5 Å². The number of benzene rings is 1. The summed E-state index contributed by atoms with van der Waals surface area (Å²) < 4.78 is 0. The molecule has 0 saturated carbocycles. The molecule has 0 fully saturated rings. The number of nitrogens with two attached hydrogens (primary N) is 2. The largest absolute Gasteiger partial charge is 0.398 e. The van der Waals surface area contributed by atoms with Crippen molar-refractivity contribution in [3.63, 3.8) is 0 Å². The molecule has 0 saturated heterocycles. The molecule has 18 heavy (non-hydrogen) atoms. The van der Waals surface area contributed by atoms with Crippen LogP contribution in [0, 0.1) is 6.92 Å². The van der Waals surface area contributed by atoms with Gasteiger partial charge in [0.1, 0.15) is 5.69 Å². The summed E-state index contributed by atoms with van der Waals surface area (Å²) in [5, 5.41) is 8.33. The lowest BCUT2D eigenvalue weighted by atomic mass is 10.1. The maximum atomic E-state index is 5.85. The fourth-order valence-electron chi connectivity index (χ4n) is 1.57. The highest BCUT2D eigenvalue weighted by atomic mass is 15.1. The van der Waals surface area contributed by atoms with Crippen LogP contribution < -0.4 is 11.5 Å². The second-order valence-corrected chi connectivity index (χ2v) is 4.35. The molecule has 0 spiro atoms. The van der Waals surface area contributed by atoms with Crippen molar-refractivity contribution in [3.8, 4) is 0 Å². The van der Waals surface area contributed by atoms with Gasteiger partial charge in [0.2, 0.25) is 0 Å². The van der Waals surface area contributed by atoms with Crippen LogP contribution in [0.4, 0.5) is 17.1 Å². The summed E-state index contributed by atoms with van der Waals surface area (Å²) in [5.41, 5.74) is 15.3. The molecule has 4 N–H and O–H groups in total. The van der Waals surface area contributed by atoms with E-state index in [0.717, 1.165) is 17.8 Å². The van der Waals surface area contributed by atoms with Crippen LogP contribution in [0.3, 0.4) is 0 Å². The summed E-state index contributed by atoms with van der Waals surface area (Å²) in [6.45, 7) is 2.75. The number of aryl methyl sites for hydroxylation is 1. The van der Waals surface area contributed by atoms with E-state index in [1.807, 2.05) is 38.4 Å². The summed E-state index contributed by atoms with van der Waals surface area (Å²) >= 11 is 0. The van der Waals surface area contributed by atoms with Crippen molar-refractivity contribution in [2.75, 3.05) is 25.1 Å². The molecule has 0 atom stereocenters. The zero-order valence-corrected chi connectivity index (χ0v) is 10.6. The molecule has 0 amide bonds. The molecule has 1 aliphatic rings. The maximum Gasteiger partial charge on any atom is 0.109 e. The Morgan fingerprint density at radius 2 is 1.94 bits per heavy atom. The Kier molecular flexibility index (Phi) is 3.32. The Bertz CT molecular complexity index is 543. The lowest BCUT2D eigenvalue weighted by Gasteiger charge is -2.14. The summed E-state index contributed by atoms with van der Waals surface area (Å²) in [6.07, 6.45) is 5.88. The first-order valence-electron chi connectivity index (χ1n) is 5.72. The third-order valence-electron chi connectivity index (χ3n) is 2.78. The molecule has 5 nitrogen and oxygen atoms in total. The molecule has 0 aromatic heterocycles. The lowest BCUT2D eigenvalue weighted by molar-refractivity contribution is 0.501. The summed E-state index contributed by atoms with van der Waals surface area (Å²) in [4.78, 5) is 2.06. The van der Waals surface area contributed by atoms with Crippen LogP contribution in [-0.4, -0.2) is 18.5 Å². The summed E-state index contributed by atoms with van der Waals surface area (Å²) in [5.74, 6) is 0. The van der Waals surface area contributed by atoms with Crippen molar-refractivity contribution in [2.24, 2.45) is 10.2 Å². The fraction of sp³-hybridized carbons (Fsp3) is 0.231. The van der Waals surface area contributed by atoms with E-state index in [2.05, 4.69) is 15.1 Å². The number of rotatable bonds is 2. The first-order valence-corrected chi connectivity index (χ1v) is 5.72. The number of nitrogen functional groups attached to an aromatic ring is 2. The van der Waals surface area contributed by atoms with Gasteiger partial charge in [-0.05, 0) is 36.8 Å². The average Bonchev–Trinajstić information content (AvgIpc) is 2.34. The van der Waals surface area contributed by atoms with Gasteiger partial charge in [-0.25, -0.2) is 0 Å². The van der Waals surface area contributed by atoms with E-state index < -0.39 is 0 Å². The van der Waals surface area contributed by atoms with Gasteiger partial charge >= 0.3 is 0 Å². The van der Waals surface area contributed by atoms with Crippen LogP contribution in [-0.2, 0) is 0 Å². The minimum atomic E-state index is 0.541. The second kappa shape index (κ2) is 4.91. The van der Waals surface area contributed by atoms with E-state index in [0.29, 0.717) is 17.1 Å². The Morgan fingerprint density at radius 1 is 1.17 bits per heavy atom. The predicted octanol–water partition coefficient (Wildman–Crippen LogP) is 2.59. The normalized spacial score (nSPS) is 15.2. The Labute approximate surface area is 106 Å². The number of anilines is 2. The Balaban J connectivity index is 2.20. The number of hydrogen-bond acceptors (Lipinski definition) is 5. The molecule has 1 aliphatic heterocycles. The van der Waals surface area contributed by atoms with Crippen molar-refractivity contribution < 1.29 is 0 Å². The van der Waals surface area contributed by atoms with E-state index in [1.54, 1.807) is 6.07 Å². The first kappa shape index (κ1) is 12.2. The standard InChI is InChI=1S/C13H17N5/c1-9-7-13(12(15)8-11(9)14)17-16-10-3-5-18(2)6-4-10/h3-5,7-8H,6,14-15H2,1-2H3. The van der Waals surface area contributed by atoms with Gasteiger partial charge in [0, 0.05) is 25.5 Å². The van der Waals surface area contributed by atoms with E-state index in [9.17, 15) is 0 Å². The molecule has 1 aromatic carbocycles. The quantitative estimate of drug-likeness (QED) is 0.619. The van der Waals surface area contributed by atoms with E-state index >= 15 is 0 Å². The van der Waals surface area contributed by atoms with Gasteiger partial charge in [0.25, 0.3) is 0 Å². The van der Waals surface area contributed by atoms with Gasteiger partial charge in [-0.15, -0.1) is 5.11 Å². The van der Waals surface area contributed by atoms with Crippen molar-refractivity contribution in [1.29, 1.82) is 0 Å². The van der Waals surface area contributed by atoms with Crippen LogP contribution in [0.5, 0.6) is 0 Å². The highest BCUT2D eigenvalue weighted by Crippen LogP contribution is 2.28. The smallest absolute Gasteiger partial charge is 0.109 e. The average molecular weight is 243 g/mol. The topological polar surface area (TPSA) is 80.0 Å². The molecule has 1 heterocycles. The van der Waals surface area contributed by atoms with Gasteiger partial charge in [-0.2, -0.15) is 5.11 Å². The van der Waals surface area contributed by atoms with E-state index in [-0.39, 0.29) is 0 Å². The zero-order valence-electron chi connectivity index (χ0n) is 10.6. The predicted molar refractivity (Wildman–Crippen MR) is 74.4 cm³/mol. The molecular weight excluding hydrogens is 226 g/mol. The molecular formula is C13H17N5. The maximum absolute atomic E-state index is 5.85. The van der Waals surface area contributed by atoms with Crippen molar-refractivity contribution in [1.82, 2.24) is 4.90 Å². The minimum Gasteiger partial charge on any atom is -0.398 e. The summed E-state index contributed by atoms with van der Waals surface area (Å²) in [7, 11) is 2.00. The first-order chi connectivity index (χ1) is 8.56. The SMILES string of the molecule is Cc1cc(N=NC2=CCN(C)C=C2)c(N)cc1N. The van der Waals surface area contributed by atoms with Gasteiger partial charge in [-0.3, -0.25) is 0 Å². The van der Waals surface area contributed by atoms with Gasteiger partial charge in [0.05, 0.1) is 11.4 Å². The van der Waals surface area contributed by atoms with Crippen LogP contribution in [0.1, 0.15) is 5.56 Å². The van der Waals surface area contributed by atoms with Gasteiger partial charge in [0.15, 0.2) is 0 Å². The van der Waals surface area contributed by atoms with Gasteiger partial charge in [-0.1, -0.05) is 0 Å². The fourth-order valence-corrected chi connectivity index (χ4v) is 1.57. The second-order valence-electron chi connectivity index (χ2n) is 4.35. The molecule has 2 rings (SSSR count). The zero-order chi connectivity index (χ0) is 13.1. The van der Waals surface area contributed by atoms with Crippen molar-refractivity contribution in [2.45, 2.75) is 6.92 Å². The number of allylic oxidation sites excluding steroid dienone is 1. The molecule has 94 valence electrons. The van der Waals surface area contributed by atoms with Crippen LogP contribution >= 0.6 is 0 Å². The third-order valence-corrected chi connectivity index (χ3v) is 2.78. The number of likely N-dealkylation sites (N-methyl/N-ethyl adjacent to an activating group) is 1. The molecule has 5 heteroatoms. The molecule has 0 unspecified atom stereocenters. The highest BCUT2D eigenvalue weighted by Gasteiger charge is 2.03. The summed E-state index contributed by atoms with van der Waals surface area (Å²) in [6, 6.07) is 3.55. The molecule has 1 aromatic rings. The number of nitrogens with zero attached hydrogens (tertiary/aromatic N) is 3. The monoisotopic (exact) mass is 243 g/mol. The van der Waals surface area contributed by atoms with Crippen LogP contribution in [0.2, 0.25) is 0 Å². The van der Waals surface area contributed by atoms with Gasteiger partial charge < -0.3 is 16.4 Å². The molecule has 0 radical (unpaired) electrons. The molecule has 0 bridgehead atoms. The van der Waals surface area contributed by atoms with E-state index in [1.165, 1.54) is 0 Å². The van der Waals surface area contributed by atoms with Crippen LogP contribution in [0.15, 0.2) is 46.4 Å². The number of hydrogen-bond donors (Lipinski definition) is 2. The minimum absolute atomic E-state index is 0.541. The Hall–Kier alpha value is -2.30. The molecule has 0 aliphatic carbocycles. The lowest BCUT2D eigenvalue weighted by Crippen LogP contribution is -2.12. The highest BCUT2D eigenvalue weighted by molar-refractivity contribution is 5.70. The van der Waals surface area contributed by atoms with Crippen molar-refractivity contribution in [3.05, 3.63) is 41.7 Å². The van der Waals surface area contributed by atoms with Crippen molar-refractivity contribution >= 4 is 17.1 Å². The van der Waals surface area contributed by atoms with Crippen LogP contribution in [0.25, 0.3) is 0 Å². The Morgan fingerprint density at radius 3 is 2.61 bits per heavy atom. The third kappa shape index (κ3) is 2.68. The number of azo groups is 1.